The van der Waals surface area contributed by atoms with Crippen LogP contribution in [0.4, 0.5) is 0 Å². The van der Waals surface area contributed by atoms with Gasteiger partial charge >= 0.3 is 0 Å². The predicted molar refractivity (Wildman–Crippen MR) is 67.2 cm³/mol. The summed E-state index contributed by atoms with van der Waals surface area (Å²) in [5.41, 5.74) is 2.15. The standard InChI is InChI=1S/C12H25N3O2/c1-10-8-15(9-11(2)17-10)7-5-3-4-6-12(16)14-13/h10-11H,3-9,13H2,1-2H3,(H,14,16). The van der Waals surface area contributed by atoms with Gasteiger partial charge in [0.1, 0.15) is 0 Å². The summed E-state index contributed by atoms with van der Waals surface area (Å²) in [6.45, 7) is 7.38. The highest BCUT2D eigenvalue weighted by molar-refractivity contribution is 5.74. The summed E-state index contributed by atoms with van der Waals surface area (Å²) >= 11 is 0. The fraction of sp³-hybridized carbons (Fsp3) is 0.917. The quantitative estimate of drug-likeness (QED) is 0.311. The van der Waals surface area contributed by atoms with E-state index in [2.05, 4.69) is 24.2 Å². The summed E-state index contributed by atoms with van der Waals surface area (Å²) in [5, 5.41) is 0. The van der Waals surface area contributed by atoms with Crippen LogP contribution >= 0.6 is 0 Å². The number of unbranched alkanes of at least 4 members (excludes halogenated alkanes) is 2. The first-order valence-corrected chi connectivity index (χ1v) is 6.49. The third kappa shape index (κ3) is 6.00. The Labute approximate surface area is 104 Å². The molecule has 1 aliphatic rings. The van der Waals surface area contributed by atoms with Crippen molar-refractivity contribution in [3.63, 3.8) is 0 Å². The maximum absolute atomic E-state index is 10.9. The zero-order chi connectivity index (χ0) is 12.7. The summed E-state index contributed by atoms with van der Waals surface area (Å²) in [6.07, 6.45) is 4.33. The van der Waals surface area contributed by atoms with Crippen LogP contribution < -0.4 is 11.3 Å². The Morgan fingerprint density at radius 3 is 2.53 bits per heavy atom. The molecule has 5 heteroatoms. The van der Waals surface area contributed by atoms with E-state index in [0.29, 0.717) is 18.6 Å². The number of nitrogens with zero attached hydrogens (tertiary/aromatic N) is 1. The van der Waals surface area contributed by atoms with E-state index in [0.717, 1.165) is 38.9 Å². The fourth-order valence-corrected chi connectivity index (χ4v) is 2.34. The van der Waals surface area contributed by atoms with E-state index in [4.69, 9.17) is 10.6 Å². The van der Waals surface area contributed by atoms with Gasteiger partial charge in [-0.05, 0) is 33.2 Å². The van der Waals surface area contributed by atoms with E-state index in [-0.39, 0.29) is 5.91 Å². The van der Waals surface area contributed by atoms with Crippen LogP contribution in [0.1, 0.15) is 39.5 Å². The van der Waals surface area contributed by atoms with Crippen molar-refractivity contribution in [2.24, 2.45) is 5.84 Å². The van der Waals surface area contributed by atoms with Gasteiger partial charge in [0, 0.05) is 19.5 Å². The average molecular weight is 243 g/mol. The third-order valence-electron chi connectivity index (χ3n) is 3.03. The lowest BCUT2D eigenvalue weighted by atomic mass is 10.1. The van der Waals surface area contributed by atoms with Crippen LogP contribution in [-0.4, -0.2) is 42.6 Å². The highest BCUT2D eigenvalue weighted by Crippen LogP contribution is 2.11. The first kappa shape index (κ1) is 14.4. The normalized spacial score (nSPS) is 25.8. The number of carbonyl (C=O) groups excluding carboxylic acids is 1. The Hall–Kier alpha value is -0.650. The third-order valence-corrected chi connectivity index (χ3v) is 3.03. The van der Waals surface area contributed by atoms with Crippen LogP contribution in [0.15, 0.2) is 0 Å². The molecule has 100 valence electrons. The van der Waals surface area contributed by atoms with E-state index in [9.17, 15) is 4.79 Å². The molecule has 0 saturated carbocycles. The van der Waals surface area contributed by atoms with Gasteiger partial charge in [0.15, 0.2) is 0 Å². The van der Waals surface area contributed by atoms with Crippen LogP contribution in [0.5, 0.6) is 0 Å². The number of ether oxygens (including phenoxy) is 1. The molecule has 3 N–H and O–H groups in total. The van der Waals surface area contributed by atoms with Gasteiger partial charge in [-0.2, -0.15) is 0 Å². The topological polar surface area (TPSA) is 67.6 Å². The van der Waals surface area contributed by atoms with Crippen molar-refractivity contribution in [3.8, 4) is 0 Å². The fourth-order valence-electron chi connectivity index (χ4n) is 2.34. The van der Waals surface area contributed by atoms with Gasteiger partial charge in [-0.25, -0.2) is 5.84 Å². The van der Waals surface area contributed by atoms with Gasteiger partial charge < -0.3 is 4.74 Å². The maximum Gasteiger partial charge on any atom is 0.233 e. The minimum absolute atomic E-state index is 0.0707. The van der Waals surface area contributed by atoms with Gasteiger partial charge in [0.25, 0.3) is 0 Å². The Morgan fingerprint density at radius 1 is 1.29 bits per heavy atom. The lowest BCUT2D eigenvalue weighted by Gasteiger charge is -2.35. The number of rotatable bonds is 6. The number of nitrogens with two attached hydrogens (primary N) is 1. The van der Waals surface area contributed by atoms with Gasteiger partial charge in [-0.3, -0.25) is 15.1 Å². The number of carbonyl (C=O) groups is 1. The molecule has 0 aromatic carbocycles. The van der Waals surface area contributed by atoms with Crippen LogP contribution in [0.2, 0.25) is 0 Å². The molecule has 1 fully saturated rings. The zero-order valence-electron chi connectivity index (χ0n) is 10.9. The SMILES string of the molecule is CC1CN(CCCCCC(=O)NN)CC(C)O1. The molecule has 0 aromatic rings. The van der Waals surface area contributed by atoms with Crippen molar-refractivity contribution in [2.75, 3.05) is 19.6 Å². The molecule has 0 spiro atoms. The number of morpholine rings is 1. The molecule has 0 bridgehead atoms. The molecular formula is C12H25N3O2. The summed E-state index contributed by atoms with van der Waals surface area (Å²) in [7, 11) is 0. The van der Waals surface area contributed by atoms with Crippen LogP contribution in [0.3, 0.4) is 0 Å². The van der Waals surface area contributed by atoms with Crippen molar-refractivity contribution >= 4 is 5.91 Å². The first-order valence-electron chi connectivity index (χ1n) is 6.49. The Morgan fingerprint density at radius 2 is 1.94 bits per heavy atom. The number of hydrogen-bond acceptors (Lipinski definition) is 4. The summed E-state index contributed by atoms with van der Waals surface area (Å²) in [5.74, 6) is 4.94. The molecule has 2 atom stereocenters. The molecule has 1 heterocycles. The smallest absolute Gasteiger partial charge is 0.233 e. The molecule has 0 aliphatic carbocycles. The monoisotopic (exact) mass is 243 g/mol. The highest BCUT2D eigenvalue weighted by atomic mass is 16.5. The predicted octanol–water partition coefficient (Wildman–Crippen LogP) is 0.646. The van der Waals surface area contributed by atoms with Crippen molar-refractivity contribution in [2.45, 2.75) is 51.7 Å². The van der Waals surface area contributed by atoms with Gasteiger partial charge in [0.2, 0.25) is 5.91 Å². The molecule has 0 aromatic heterocycles. The molecule has 5 nitrogen and oxygen atoms in total. The Bertz CT molecular complexity index is 226. The second-order valence-corrected chi connectivity index (χ2v) is 4.90. The van der Waals surface area contributed by atoms with Crippen LogP contribution in [-0.2, 0) is 9.53 Å². The Balaban J connectivity index is 2.04. The largest absolute Gasteiger partial charge is 0.373 e. The van der Waals surface area contributed by atoms with Crippen molar-refractivity contribution < 1.29 is 9.53 Å². The molecule has 1 aliphatic heterocycles. The van der Waals surface area contributed by atoms with Gasteiger partial charge in [-0.15, -0.1) is 0 Å². The lowest BCUT2D eigenvalue weighted by Crippen LogP contribution is -2.45. The first-order chi connectivity index (χ1) is 8.11. The summed E-state index contributed by atoms with van der Waals surface area (Å²) in [6, 6.07) is 0. The molecule has 17 heavy (non-hydrogen) atoms. The van der Waals surface area contributed by atoms with Crippen molar-refractivity contribution in [1.82, 2.24) is 10.3 Å². The maximum atomic E-state index is 10.9. The molecule has 1 amide bonds. The molecule has 1 saturated heterocycles. The number of amides is 1. The average Bonchev–Trinajstić information content (AvgIpc) is 2.27. The minimum atomic E-state index is -0.0707. The van der Waals surface area contributed by atoms with Crippen LogP contribution in [0, 0.1) is 0 Å². The van der Waals surface area contributed by atoms with E-state index >= 15 is 0 Å². The van der Waals surface area contributed by atoms with Crippen molar-refractivity contribution in [1.29, 1.82) is 0 Å². The second kappa shape index (κ2) is 7.63. The second-order valence-electron chi connectivity index (χ2n) is 4.90. The number of hydrazine groups is 1. The van der Waals surface area contributed by atoms with E-state index in [1.165, 1.54) is 0 Å². The Kier molecular flexibility index (Phi) is 6.47. The van der Waals surface area contributed by atoms with Gasteiger partial charge in [-0.1, -0.05) is 6.42 Å². The minimum Gasteiger partial charge on any atom is -0.373 e. The molecule has 2 unspecified atom stereocenters. The molecular weight excluding hydrogens is 218 g/mol. The zero-order valence-corrected chi connectivity index (χ0v) is 10.9. The van der Waals surface area contributed by atoms with E-state index < -0.39 is 0 Å². The van der Waals surface area contributed by atoms with Gasteiger partial charge in [0.05, 0.1) is 12.2 Å². The van der Waals surface area contributed by atoms with Crippen LogP contribution in [0.25, 0.3) is 0 Å². The number of hydrogen-bond donors (Lipinski definition) is 2. The number of nitrogens with one attached hydrogen (secondary N) is 1. The highest BCUT2D eigenvalue weighted by Gasteiger charge is 2.21. The van der Waals surface area contributed by atoms with E-state index in [1.807, 2.05) is 0 Å². The lowest BCUT2D eigenvalue weighted by molar-refractivity contribution is -0.121. The summed E-state index contributed by atoms with van der Waals surface area (Å²) < 4.78 is 5.68. The molecule has 0 radical (unpaired) electrons. The van der Waals surface area contributed by atoms with E-state index in [1.54, 1.807) is 0 Å². The van der Waals surface area contributed by atoms with Crippen molar-refractivity contribution in [3.05, 3.63) is 0 Å². The summed E-state index contributed by atoms with van der Waals surface area (Å²) in [4.78, 5) is 13.3. The molecule has 1 rings (SSSR count).